The second-order valence-corrected chi connectivity index (χ2v) is 4.98. The molecule has 0 fully saturated rings. The lowest BCUT2D eigenvalue weighted by molar-refractivity contribution is 0.102. The number of fused-ring (bicyclic) bond motifs is 2. The number of H-pyrrole nitrogens is 2. The van der Waals surface area contributed by atoms with Crippen LogP contribution in [0.3, 0.4) is 0 Å². The third-order valence-electron chi connectivity index (χ3n) is 3.66. The van der Waals surface area contributed by atoms with Gasteiger partial charge in [-0.3, -0.25) is 4.79 Å². The fourth-order valence-electron chi connectivity index (χ4n) is 2.58. The summed E-state index contributed by atoms with van der Waals surface area (Å²) >= 11 is 0. The van der Waals surface area contributed by atoms with Crippen LogP contribution in [0.15, 0.2) is 60.9 Å². The van der Waals surface area contributed by atoms with Crippen LogP contribution in [0.2, 0.25) is 0 Å². The molecule has 0 saturated heterocycles. The molecule has 0 radical (unpaired) electrons. The highest BCUT2D eigenvalue weighted by molar-refractivity contribution is 6.10. The Morgan fingerprint density at radius 3 is 2.71 bits per heavy atom. The van der Waals surface area contributed by atoms with E-state index in [2.05, 4.69) is 15.3 Å². The zero-order chi connectivity index (χ0) is 14.2. The molecule has 0 spiro atoms. The number of benzene rings is 2. The second kappa shape index (κ2) is 4.52. The molecule has 1 amide bonds. The first-order valence-electron chi connectivity index (χ1n) is 6.76. The van der Waals surface area contributed by atoms with Crippen LogP contribution in [-0.2, 0) is 0 Å². The van der Waals surface area contributed by atoms with E-state index in [0.717, 1.165) is 27.5 Å². The van der Waals surface area contributed by atoms with Crippen molar-refractivity contribution in [3.8, 4) is 0 Å². The smallest absolute Gasteiger partial charge is 0.255 e. The number of carbonyl (C=O) groups excluding carboxylic acids is 1. The van der Waals surface area contributed by atoms with Gasteiger partial charge in [0.15, 0.2) is 0 Å². The quantitative estimate of drug-likeness (QED) is 0.510. The number of hydrogen-bond donors (Lipinski definition) is 3. The van der Waals surface area contributed by atoms with Crippen LogP contribution in [0, 0.1) is 0 Å². The number of carbonyl (C=O) groups is 1. The van der Waals surface area contributed by atoms with E-state index in [1.807, 2.05) is 60.9 Å². The normalized spacial score (nSPS) is 11.0. The molecule has 2 aromatic heterocycles. The lowest BCUT2D eigenvalue weighted by Crippen LogP contribution is -2.11. The van der Waals surface area contributed by atoms with Crippen molar-refractivity contribution in [1.29, 1.82) is 0 Å². The summed E-state index contributed by atoms with van der Waals surface area (Å²) in [7, 11) is 0. The van der Waals surface area contributed by atoms with Gasteiger partial charge in [-0.1, -0.05) is 6.07 Å². The van der Waals surface area contributed by atoms with E-state index in [-0.39, 0.29) is 5.91 Å². The van der Waals surface area contributed by atoms with Crippen LogP contribution >= 0.6 is 0 Å². The molecule has 4 aromatic rings. The van der Waals surface area contributed by atoms with Gasteiger partial charge < -0.3 is 15.3 Å². The van der Waals surface area contributed by atoms with E-state index in [9.17, 15) is 4.79 Å². The lowest BCUT2D eigenvalue weighted by atomic mass is 10.1. The first-order chi connectivity index (χ1) is 10.3. The molecule has 21 heavy (non-hydrogen) atoms. The zero-order valence-electron chi connectivity index (χ0n) is 11.2. The van der Waals surface area contributed by atoms with E-state index in [4.69, 9.17) is 0 Å². The Kier molecular flexibility index (Phi) is 2.54. The molecule has 2 heterocycles. The standard InChI is InChI=1S/C17H13N3O/c21-17(12-4-5-14-11(10-12)6-8-18-14)20-16-3-1-2-15-13(16)7-9-19-15/h1-10,18-19H,(H,20,21). The number of aromatic nitrogens is 2. The van der Waals surface area contributed by atoms with Gasteiger partial charge in [0, 0.05) is 39.8 Å². The van der Waals surface area contributed by atoms with Gasteiger partial charge in [-0.15, -0.1) is 0 Å². The van der Waals surface area contributed by atoms with Crippen molar-refractivity contribution in [2.45, 2.75) is 0 Å². The average molecular weight is 275 g/mol. The summed E-state index contributed by atoms with van der Waals surface area (Å²) in [6.07, 6.45) is 3.74. The van der Waals surface area contributed by atoms with Crippen molar-refractivity contribution in [3.63, 3.8) is 0 Å². The molecule has 4 heteroatoms. The molecule has 0 atom stereocenters. The maximum absolute atomic E-state index is 12.4. The molecule has 0 aliphatic rings. The highest BCUT2D eigenvalue weighted by Crippen LogP contribution is 2.23. The summed E-state index contributed by atoms with van der Waals surface area (Å²) in [5, 5.41) is 5.01. The van der Waals surface area contributed by atoms with Crippen molar-refractivity contribution >= 4 is 33.4 Å². The van der Waals surface area contributed by atoms with Crippen LogP contribution in [0.5, 0.6) is 0 Å². The molecule has 0 saturated carbocycles. The van der Waals surface area contributed by atoms with E-state index < -0.39 is 0 Å². The molecule has 2 aromatic carbocycles. The van der Waals surface area contributed by atoms with E-state index in [0.29, 0.717) is 5.56 Å². The molecule has 0 bridgehead atoms. The second-order valence-electron chi connectivity index (χ2n) is 4.98. The van der Waals surface area contributed by atoms with Crippen LogP contribution in [0.1, 0.15) is 10.4 Å². The Hall–Kier alpha value is -3.01. The Balaban J connectivity index is 1.70. The molecule has 3 N–H and O–H groups in total. The number of anilines is 1. The first kappa shape index (κ1) is 11.8. The molecule has 102 valence electrons. The van der Waals surface area contributed by atoms with Gasteiger partial charge in [-0.05, 0) is 42.5 Å². The van der Waals surface area contributed by atoms with Gasteiger partial charge in [0.25, 0.3) is 5.91 Å². The van der Waals surface area contributed by atoms with Gasteiger partial charge in [0.1, 0.15) is 0 Å². The van der Waals surface area contributed by atoms with E-state index >= 15 is 0 Å². The molecule has 4 rings (SSSR count). The van der Waals surface area contributed by atoms with Crippen molar-refractivity contribution in [2.75, 3.05) is 5.32 Å². The fourth-order valence-corrected chi connectivity index (χ4v) is 2.58. The third-order valence-corrected chi connectivity index (χ3v) is 3.66. The minimum Gasteiger partial charge on any atom is -0.361 e. The number of hydrogen-bond acceptors (Lipinski definition) is 1. The van der Waals surface area contributed by atoms with Gasteiger partial charge in [-0.25, -0.2) is 0 Å². The predicted octanol–water partition coefficient (Wildman–Crippen LogP) is 3.90. The van der Waals surface area contributed by atoms with Gasteiger partial charge >= 0.3 is 0 Å². The molecule has 0 aliphatic heterocycles. The Bertz CT molecular complexity index is 949. The summed E-state index contributed by atoms with van der Waals surface area (Å²) < 4.78 is 0. The van der Waals surface area contributed by atoms with Crippen LogP contribution < -0.4 is 5.32 Å². The van der Waals surface area contributed by atoms with Crippen LogP contribution in [0.25, 0.3) is 21.8 Å². The van der Waals surface area contributed by atoms with Crippen molar-refractivity contribution in [1.82, 2.24) is 9.97 Å². The zero-order valence-corrected chi connectivity index (χ0v) is 11.2. The van der Waals surface area contributed by atoms with Gasteiger partial charge in [-0.2, -0.15) is 0 Å². The average Bonchev–Trinajstić information content (AvgIpc) is 3.15. The first-order valence-corrected chi connectivity index (χ1v) is 6.76. The van der Waals surface area contributed by atoms with Gasteiger partial charge in [0.05, 0.1) is 5.69 Å². The summed E-state index contributed by atoms with van der Waals surface area (Å²) in [5.41, 5.74) is 3.50. The summed E-state index contributed by atoms with van der Waals surface area (Å²) in [5.74, 6) is -0.105. The number of amides is 1. The minimum atomic E-state index is -0.105. The summed E-state index contributed by atoms with van der Waals surface area (Å²) in [6.45, 7) is 0. The SMILES string of the molecule is O=C(Nc1cccc2[nH]ccc12)c1ccc2[nH]ccc2c1. The molecular weight excluding hydrogens is 262 g/mol. The maximum atomic E-state index is 12.4. The van der Waals surface area contributed by atoms with E-state index in [1.165, 1.54) is 0 Å². The Morgan fingerprint density at radius 1 is 0.905 bits per heavy atom. The highest BCUT2D eigenvalue weighted by Gasteiger charge is 2.09. The summed E-state index contributed by atoms with van der Waals surface area (Å²) in [4.78, 5) is 18.7. The van der Waals surface area contributed by atoms with E-state index in [1.54, 1.807) is 0 Å². The highest BCUT2D eigenvalue weighted by atomic mass is 16.1. The Morgan fingerprint density at radius 2 is 1.76 bits per heavy atom. The monoisotopic (exact) mass is 275 g/mol. The summed E-state index contributed by atoms with van der Waals surface area (Å²) in [6, 6.07) is 15.4. The molecule has 0 unspecified atom stereocenters. The van der Waals surface area contributed by atoms with Crippen LogP contribution in [-0.4, -0.2) is 15.9 Å². The maximum Gasteiger partial charge on any atom is 0.255 e. The minimum absolute atomic E-state index is 0.105. The third kappa shape index (κ3) is 1.97. The largest absolute Gasteiger partial charge is 0.361 e. The van der Waals surface area contributed by atoms with Gasteiger partial charge in [0.2, 0.25) is 0 Å². The topological polar surface area (TPSA) is 60.7 Å². The predicted molar refractivity (Wildman–Crippen MR) is 84.6 cm³/mol. The molecule has 4 nitrogen and oxygen atoms in total. The molecular formula is C17H13N3O. The van der Waals surface area contributed by atoms with Crippen LogP contribution in [0.4, 0.5) is 5.69 Å². The van der Waals surface area contributed by atoms with Crippen molar-refractivity contribution in [2.24, 2.45) is 0 Å². The Labute approximate surface area is 120 Å². The fraction of sp³-hybridized carbons (Fsp3) is 0. The van der Waals surface area contributed by atoms with Crippen molar-refractivity contribution < 1.29 is 4.79 Å². The number of rotatable bonds is 2. The number of aromatic amines is 2. The number of nitrogens with one attached hydrogen (secondary N) is 3. The lowest BCUT2D eigenvalue weighted by Gasteiger charge is -2.07. The molecule has 0 aliphatic carbocycles. The van der Waals surface area contributed by atoms with Crippen molar-refractivity contribution in [3.05, 3.63) is 66.5 Å².